The van der Waals surface area contributed by atoms with E-state index in [-0.39, 0.29) is 24.5 Å². The number of para-hydroxylation sites is 1. The second-order valence-electron chi connectivity index (χ2n) is 8.45. The van der Waals surface area contributed by atoms with Gasteiger partial charge in [-0.1, -0.05) is 18.2 Å². The number of aliphatic carboxylic acids is 1. The lowest BCUT2D eigenvalue weighted by Gasteiger charge is -2.14. The Morgan fingerprint density at radius 3 is 2.50 bits per heavy atom. The van der Waals surface area contributed by atoms with Crippen molar-refractivity contribution in [1.29, 1.82) is 0 Å². The molecule has 0 spiro atoms. The van der Waals surface area contributed by atoms with Gasteiger partial charge in [0, 0.05) is 6.61 Å². The number of hydrogen-bond donors (Lipinski definition) is 1. The first-order chi connectivity index (χ1) is 16.5. The Bertz CT molecular complexity index is 1260. The first-order valence-electron chi connectivity index (χ1n) is 11.4. The molecule has 2 aliphatic rings. The monoisotopic (exact) mass is 464 g/mol. The van der Waals surface area contributed by atoms with Crippen LogP contribution in [0.4, 0.5) is 0 Å². The number of benzene rings is 2. The number of carboxylic acid groups (broad SMARTS) is 1. The maximum absolute atomic E-state index is 13.1. The molecule has 5 rings (SSSR count). The summed E-state index contributed by atoms with van der Waals surface area (Å²) in [6, 6.07) is 12.3. The van der Waals surface area contributed by atoms with Gasteiger partial charge in [0.15, 0.2) is 17.9 Å². The lowest BCUT2D eigenvalue weighted by atomic mass is 10.1. The van der Waals surface area contributed by atoms with E-state index in [1.54, 1.807) is 30.3 Å². The molecule has 0 unspecified atom stereocenters. The molecular formula is C25H26N3O6+. The summed E-state index contributed by atoms with van der Waals surface area (Å²) in [5.41, 5.74) is 2.38. The molecule has 1 N–H and O–H groups in total. The number of carbonyl (C=O) groups is 3. The first kappa shape index (κ1) is 22.1. The molecule has 1 atom stereocenters. The summed E-state index contributed by atoms with van der Waals surface area (Å²) in [6.07, 6.45) is 1.93. The predicted molar refractivity (Wildman–Crippen MR) is 121 cm³/mol. The van der Waals surface area contributed by atoms with Crippen molar-refractivity contribution < 1.29 is 33.5 Å². The molecule has 34 heavy (non-hydrogen) atoms. The average Bonchev–Trinajstić information content (AvgIpc) is 3.52. The van der Waals surface area contributed by atoms with Gasteiger partial charge in [0.05, 0.1) is 23.8 Å². The standard InChI is InChI=1S/C25H25N3O6/c1-2-26-21(14-28-24(31)17-8-3-4-9-18(17)25(28)32)27(13-16-7-6-12-33-16)19-10-5-11-20(23(19)26)34-15-22(29)30/h3-5,8-11,16H,2,6-7,12-15H2,1H3/p+1/t16-/m0/s1. The van der Waals surface area contributed by atoms with Gasteiger partial charge in [0.25, 0.3) is 17.6 Å². The molecule has 0 bridgehead atoms. The number of aromatic nitrogens is 2. The van der Waals surface area contributed by atoms with Crippen LogP contribution in [0, 0.1) is 0 Å². The highest BCUT2D eigenvalue weighted by atomic mass is 16.5. The fraction of sp³-hybridized carbons (Fsp3) is 0.360. The summed E-state index contributed by atoms with van der Waals surface area (Å²) in [5, 5.41) is 9.12. The van der Waals surface area contributed by atoms with E-state index in [1.165, 1.54) is 4.90 Å². The smallest absolute Gasteiger partial charge is 0.341 e. The fourth-order valence-electron chi connectivity index (χ4n) is 4.90. The number of aryl methyl sites for hydroxylation is 1. The van der Waals surface area contributed by atoms with Crippen molar-refractivity contribution in [1.82, 2.24) is 9.47 Å². The molecule has 176 valence electrons. The van der Waals surface area contributed by atoms with Crippen LogP contribution in [0.5, 0.6) is 5.75 Å². The van der Waals surface area contributed by atoms with Crippen molar-refractivity contribution in [3.63, 3.8) is 0 Å². The number of rotatable bonds is 8. The van der Waals surface area contributed by atoms with E-state index >= 15 is 0 Å². The van der Waals surface area contributed by atoms with Crippen molar-refractivity contribution in [3.05, 3.63) is 59.4 Å². The zero-order chi connectivity index (χ0) is 23.8. The molecule has 2 amide bonds. The van der Waals surface area contributed by atoms with Crippen molar-refractivity contribution >= 4 is 28.8 Å². The molecule has 0 saturated carbocycles. The summed E-state index contributed by atoms with van der Waals surface area (Å²) in [4.78, 5) is 38.6. The van der Waals surface area contributed by atoms with Crippen molar-refractivity contribution in [2.24, 2.45) is 0 Å². The van der Waals surface area contributed by atoms with Crippen LogP contribution >= 0.6 is 0 Å². The van der Waals surface area contributed by atoms with Crippen molar-refractivity contribution in [2.75, 3.05) is 13.2 Å². The third-order valence-corrected chi connectivity index (χ3v) is 6.42. The number of fused-ring (bicyclic) bond motifs is 2. The van der Waals surface area contributed by atoms with E-state index in [9.17, 15) is 14.4 Å². The lowest BCUT2D eigenvalue weighted by molar-refractivity contribution is -0.677. The van der Waals surface area contributed by atoms with Crippen LogP contribution in [0.3, 0.4) is 0 Å². The van der Waals surface area contributed by atoms with E-state index in [4.69, 9.17) is 14.6 Å². The number of imide groups is 1. The molecule has 0 radical (unpaired) electrons. The van der Waals surface area contributed by atoms with Crippen LogP contribution in [-0.4, -0.2) is 51.7 Å². The second kappa shape index (κ2) is 8.90. The van der Waals surface area contributed by atoms with Gasteiger partial charge in [0.2, 0.25) is 5.52 Å². The number of amides is 2. The average molecular weight is 464 g/mol. The SMILES string of the molecule is CC[n+]1c(CN2C(=O)c3ccccc3C2=O)n(C[C@@H]2CCCO2)c2cccc(OCC(=O)O)c21. The van der Waals surface area contributed by atoms with E-state index < -0.39 is 12.6 Å². The molecule has 1 fully saturated rings. The van der Waals surface area contributed by atoms with Crippen LogP contribution in [0.2, 0.25) is 0 Å². The summed E-state index contributed by atoms with van der Waals surface area (Å²) in [5.74, 6) is -0.505. The van der Waals surface area contributed by atoms with Crippen molar-refractivity contribution in [3.8, 4) is 5.75 Å². The van der Waals surface area contributed by atoms with Crippen LogP contribution in [0.1, 0.15) is 46.3 Å². The minimum Gasteiger partial charge on any atom is -0.479 e. The van der Waals surface area contributed by atoms with Gasteiger partial charge in [-0.3, -0.25) is 14.5 Å². The Hall–Kier alpha value is -3.72. The Morgan fingerprint density at radius 1 is 1.15 bits per heavy atom. The van der Waals surface area contributed by atoms with Gasteiger partial charge >= 0.3 is 5.97 Å². The fourth-order valence-corrected chi connectivity index (χ4v) is 4.90. The molecule has 9 heteroatoms. The van der Waals surface area contributed by atoms with Gasteiger partial charge < -0.3 is 14.6 Å². The number of carboxylic acids is 1. The van der Waals surface area contributed by atoms with Crippen LogP contribution in [-0.2, 0) is 29.2 Å². The number of ether oxygens (including phenoxy) is 2. The minimum atomic E-state index is -1.06. The predicted octanol–water partition coefficient (Wildman–Crippen LogP) is 2.39. The van der Waals surface area contributed by atoms with E-state index in [0.29, 0.717) is 36.6 Å². The number of nitrogens with zero attached hydrogens (tertiary/aromatic N) is 3. The first-order valence-corrected chi connectivity index (χ1v) is 11.4. The summed E-state index contributed by atoms with van der Waals surface area (Å²) < 4.78 is 15.6. The quantitative estimate of drug-likeness (QED) is 0.406. The third kappa shape index (κ3) is 3.71. The molecule has 1 aromatic heterocycles. The zero-order valence-corrected chi connectivity index (χ0v) is 18.9. The van der Waals surface area contributed by atoms with Crippen LogP contribution in [0.25, 0.3) is 11.0 Å². The number of hydrogen-bond acceptors (Lipinski definition) is 5. The van der Waals surface area contributed by atoms with Gasteiger partial charge in [-0.25, -0.2) is 13.9 Å². The molecule has 2 aliphatic heterocycles. The number of imidazole rings is 1. The summed E-state index contributed by atoms with van der Waals surface area (Å²) in [7, 11) is 0. The van der Waals surface area contributed by atoms with Crippen LogP contribution < -0.4 is 9.30 Å². The maximum atomic E-state index is 13.1. The van der Waals surface area contributed by atoms with E-state index in [1.807, 2.05) is 23.6 Å². The molecule has 9 nitrogen and oxygen atoms in total. The number of carbonyl (C=O) groups excluding carboxylic acids is 2. The summed E-state index contributed by atoms with van der Waals surface area (Å²) in [6.45, 7) is 3.40. The highest BCUT2D eigenvalue weighted by Crippen LogP contribution is 2.29. The Labute approximate surface area is 196 Å². The van der Waals surface area contributed by atoms with Crippen molar-refractivity contribution in [2.45, 2.75) is 45.5 Å². The molecular weight excluding hydrogens is 438 g/mol. The zero-order valence-electron chi connectivity index (χ0n) is 18.9. The highest BCUT2D eigenvalue weighted by Gasteiger charge is 2.39. The van der Waals surface area contributed by atoms with E-state index in [0.717, 1.165) is 29.7 Å². The van der Waals surface area contributed by atoms with Gasteiger partial charge in [-0.05, 0) is 44.0 Å². The highest BCUT2D eigenvalue weighted by molar-refractivity contribution is 6.21. The molecule has 0 aliphatic carbocycles. The van der Waals surface area contributed by atoms with Crippen LogP contribution in [0.15, 0.2) is 42.5 Å². The largest absolute Gasteiger partial charge is 0.479 e. The maximum Gasteiger partial charge on any atom is 0.341 e. The molecule has 2 aromatic carbocycles. The van der Waals surface area contributed by atoms with Gasteiger partial charge in [0.1, 0.15) is 13.1 Å². The Morgan fingerprint density at radius 2 is 1.88 bits per heavy atom. The van der Waals surface area contributed by atoms with Gasteiger partial charge in [-0.15, -0.1) is 0 Å². The topological polar surface area (TPSA) is 102 Å². The Balaban J connectivity index is 1.62. The lowest BCUT2D eigenvalue weighted by Crippen LogP contribution is -2.42. The van der Waals surface area contributed by atoms with Gasteiger partial charge in [-0.2, -0.15) is 0 Å². The normalized spacial score (nSPS) is 17.6. The molecule has 3 heterocycles. The minimum absolute atomic E-state index is 0.0189. The molecule has 3 aromatic rings. The van der Waals surface area contributed by atoms with E-state index in [2.05, 4.69) is 4.57 Å². The molecule has 1 saturated heterocycles. The second-order valence-corrected chi connectivity index (χ2v) is 8.45. The Kier molecular flexibility index (Phi) is 5.79. The summed E-state index contributed by atoms with van der Waals surface area (Å²) >= 11 is 0. The third-order valence-electron chi connectivity index (χ3n) is 6.42.